The van der Waals surface area contributed by atoms with Gasteiger partial charge in [-0.25, -0.2) is 9.59 Å². The number of ether oxygens (including phenoxy) is 1. The van der Waals surface area contributed by atoms with Crippen molar-refractivity contribution in [2.45, 2.75) is 30.9 Å². The molecule has 0 unspecified atom stereocenters. The van der Waals surface area contributed by atoms with E-state index >= 15 is 0 Å². The van der Waals surface area contributed by atoms with Crippen LogP contribution in [-0.2, 0) is 14.3 Å². The molecule has 2 fully saturated rings. The van der Waals surface area contributed by atoms with Crippen LogP contribution in [0.25, 0.3) is 0 Å². The molecule has 3 N–H and O–H groups in total. The van der Waals surface area contributed by atoms with E-state index in [1.807, 2.05) is 0 Å². The smallest absolute Gasteiger partial charge is 0.475 e. The maximum atomic E-state index is 10.6. The molecule has 0 saturated carbocycles. The third kappa shape index (κ3) is 9.45. The molecule has 13 heteroatoms. The van der Waals surface area contributed by atoms with Gasteiger partial charge in [-0.1, -0.05) is 0 Å². The van der Waals surface area contributed by atoms with E-state index in [-0.39, 0.29) is 0 Å². The fraction of sp³-hybridized carbons (Fsp3) is 0.833. The number of halogens is 6. The van der Waals surface area contributed by atoms with E-state index in [1.165, 1.54) is 19.5 Å². The van der Waals surface area contributed by atoms with E-state index in [0.29, 0.717) is 0 Å². The second kappa shape index (κ2) is 9.77. The summed E-state index contributed by atoms with van der Waals surface area (Å²) in [6.07, 6.45) is -8.82. The van der Waals surface area contributed by atoms with Gasteiger partial charge in [0.2, 0.25) is 0 Å². The second-order valence-electron chi connectivity index (χ2n) is 5.09. The standard InChI is InChI=1S/C8H16N2O.2C2HF3O2/c1-11-3-2-10-6-7-4-8(10)5-9-7;2*3-2(4,5)1(6)7/h7-9H,2-6H2,1H3;2*(H,6,7)/t7-,8-;;/m0../s1. The van der Waals surface area contributed by atoms with Gasteiger partial charge >= 0.3 is 24.3 Å². The van der Waals surface area contributed by atoms with Crippen LogP contribution in [0.15, 0.2) is 0 Å². The summed E-state index contributed by atoms with van der Waals surface area (Å²) in [4.78, 5) is 20.3. The number of carbonyl (C=O) groups is 2. The zero-order valence-corrected chi connectivity index (χ0v) is 13.0. The summed E-state index contributed by atoms with van der Waals surface area (Å²) in [6.45, 7) is 4.41. The number of carboxylic acids is 2. The summed E-state index contributed by atoms with van der Waals surface area (Å²) >= 11 is 0. The Balaban J connectivity index is 0.000000366. The van der Waals surface area contributed by atoms with Gasteiger partial charge < -0.3 is 20.3 Å². The molecule has 2 saturated heterocycles. The molecule has 0 spiro atoms. The van der Waals surface area contributed by atoms with Crippen LogP contribution >= 0.6 is 0 Å². The molecule has 0 aliphatic carbocycles. The first-order valence-corrected chi connectivity index (χ1v) is 6.85. The number of piperazine rings is 1. The summed E-state index contributed by atoms with van der Waals surface area (Å²) in [5.74, 6) is -5.51. The van der Waals surface area contributed by atoms with Crippen molar-refractivity contribution in [3.05, 3.63) is 0 Å². The summed E-state index contributed by atoms with van der Waals surface area (Å²) in [5.41, 5.74) is 0. The summed E-state index contributed by atoms with van der Waals surface area (Å²) in [5, 5.41) is 17.7. The number of likely N-dealkylation sites (tertiary alicyclic amines) is 1. The van der Waals surface area contributed by atoms with Crippen molar-refractivity contribution in [1.82, 2.24) is 10.2 Å². The fourth-order valence-electron chi connectivity index (χ4n) is 2.13. The van der Waals surface area contributed by atoms with Crippen LogP contribution < -0.4 is 5.32 Å². The topological polar surface area (TPSA) is 99.1 Å². The zero-order chi connectivity index (χ0) is 19.8. The molecule has 25 heavy (non-hydrogen) atoms. The number of nitrogens with one attached hydrogen (secondary N) is 1. The van der Waals surface area contributed by atoms with Gasteiger partial charge in [0.1, 0.15) is 0 Å². The average Bonchev–Trinajstić information content (AvgIpc) is 3.06. The lowest BCUT2D eigenvalue weighted by molar-refractivity contribution is -0.193. The van der Waals surface area contributed by atoms with Crippen molar-refractivity contribution in [2.75, 3.05) is 33.4 Å². The minimum absolute atomic E-state index is 0.775. The molecule has 2 rings (SSSR count). The molecular weight excluding hydrogens is 366 g/mol. The third-order valence-electron chi connectivity index (χ3n) is 3.24. The minimum Gasteiger partial charge on any atom is -0.475 e. The average molecular weight is 384 g/mol. The lowest BCUT2D eigenvalue weighted by atomic mass is 10.2. The Morgan fingerprint density at radius 1 is 1.12 bits per heavy atom. The lowest BCUT2D eigenvalue weighted by Crippen LogP contribution is -2.44. The number of carboxylic acid groups (broad SMARTS) is 2. The van der Waals surface area contributed by atoms with Gasteiger partial charge in [0.05, 0.1) is 6.61 Å². The van der Waals surface area contributed by atoms with E-state index < -0.39 is 24.3 Å². The predicted octanol–water partition coefficient (Wildman–Crippen LogP) is 0.945. The van der Waals surface area contributed by atoms with Gasteiger partial charge in [-0.3, -0.25) is 4.90 Å². The van der Waals surface area contributed by atoms with Crippen LogP contribution in [0.5, 0.6) is 0 Å². The number of hydrogen-bond acceptors (Lipinski definition) is 5. The highest BCUT2D eigenvalue weighted by Crippen LogP contribution is 2.22. The largest absolute Gasteiger partial charge is 0.490 e. The van der Waals surface area contributed by atoms with Gasteiger partial charge in [0, 0.05) is 38.8 Å². The van der Waals surface area contributed by atoms with Crippen molar-refractivity contribution in [3.8, 4) is 0 Å². The molecular formula is C12H18F6N2O5. The molecule has 0 aromatic carbocycles. The van der Waals surface area contributed by atoms with E-state index in [0.717, 1.165) is 25.2 Å². The summed E-state index contributed by atoms with van der Waals surface area (Å²) in [7, 11) is 1.77. The van der Waals surface area contributed by atoms with Gasteiger partial charge in [0.15, 0.2) is 0 Å². The summed E-state index contributed by atoms with van der Waals surface area (Å²) in [6, 6.07) is 1.58. The predicted molar refractivity (Wildman–Crippen MR) is 71.0 cm³/mol. The Labute approximate surface area is 138 Å². The van der Waals surface area contributed by atoms with Crippen molar-refractivity contribution >= 4 is 11.9 Å². The van der Waals surface area contributed by atoms with Crippen molar-refractivity contribution < 1.29 is 50.9 Å². The minimum atomic E-state index is -5.08. The Morgan fingerprint density at radius 3 is 1.80 bits per heavy atom. The van der Waals surface area contributed by atoms with Crippen molar-refractivity contribution in [2.24, 2.45) is 0 Å². The molecule has 148 valence electrons. The number of alkyl halides is 6. The Hall–Kier alpha value is -1.60. The molecule has 0 aromatic rings. The maximum Gasteiger partial charge on any atom is 0.490 e. The van der Waals surface area contributed by atoms with Crippen molar-refractivity contribution in [3.63, 3.8) is 0 Å². The van der Waals surface area contributed by atoms with E-state index in [9.17, 15) is 26.3 Å². The normalized spacial score (nSPS) is 22.5. The molecule has 2 bridgehead atoms. The van der Waals surface area contributed by atoms with E-state index in [4.69, 9.17) is 24.5 Å². The molecule has 2 heterocycles. The Bertz CT molecular complexity index is 419. The first-order valence-electron chi connectivity index (χ1n) is 6.85. The van der Waals surface area contributed by atoms with Gasteiger partial charge in [-0.2, -0.15) is 26.3 Å². The number of aliphatic carboxylic acids is 2. The number of fused-ring (bicyclic) bond motifs is 2. The zero-order valence-electron chi connectivity index (χ0n) is 13.0. The summed E-state index contributed by atoms with van der Waals surface area (Å²) < 4.78 is 68.5. The van der Waals surface area contributed by atoms with Crippen LogP contribution in [0.4, 0.5) is 26.3 Å². The van der Waals surface area contributed by atoms with Gasteiger partial charge in [-0.05, 0) is 6.42 Å². The molecule has 2 aliphatic heterocycles. The lowest BCUT2D eigenvalue weighted by Gasteiger charge is -2.26. The van der Waals surface area contributed by atoms with Crippen LogP contribution in [-0.4, -0.2) is 84.8 Å². The van der Waals surface area contributed by atoms with Gasteiger partial charge in [-0.15, -0.1) is 0 Å². The Kier molecular flexibility index (Phi) is 9.15. The highest BCUT2D eigenvalue weighted by atomic mass is 19.4. The quantitative estimate of drug-likeness (QED) is 0.623. The SMILES string of the molecule is COCCN1C[C@@H]2C[C@H]1CN2.O=C(O)C(F)(F)F.O=C(O)C(F)(F)F. The number of rotatable bonds is 3. The molecule has 7 nitrogen and oxygen atoms in total. The first-order chi connectivity index (χ1) is 11.3. The van der Waals surface area contributed by atoms with Crippen LogP contribution in [0.3, 0.4) is 0 Å². The second-order valence-corrected chi connectivity index (χ2v) is 5.09. The van der Waals surface area contributed by atoms with E-state index in [2.05, 4.69) is 10.2 Å². The van der Waals surface area contributed by atoms with E-state index in [1.54, 1.807) is 7.11 Å². The fourth-order valence-corrected chi connectivity index (χ4v) is 2.13. The number of hydrogen-bond donors (Lipinski definition) is 3. The molecule has 0 aromatic heterocycles. The number of nitrogens with zero attached hydrogens (tertiary/aromatic N) is 1. The monoisotopic (exact) mass is 384 g/mol. The van der Waals surface area contributed by atoms with Crippen LogP contribution in [0.2, 0.25) is 0 Å². The molecule has 0 radical (unpaired) electrons. The first kappa shape index (κ1) is 23.4. The van der Waals surface area contributed by atoms with Crippen LogP contribution in [0, 0.1) is 0 Å². The number of methoxy groups -OCH3 is 1. The highest BCUT2D eigenvalue weighted by molar-refractivity contribution is 5.73. The Morgan fingerprint density at radius 2 is 1.56 bits per heavy atom. The van der Waals surface area contributed by atoms with Gasteiger partial charge in [0.25, 0.3) is 0 Å². The highest BCUT2D eigenvalue weighted by Gasteiger charge is 2.39. The molecule has 0 amide bonds. The molecule has 2 atom stereocenters. The maximum absolute atomic E-state index is 10.6. The third-order valence-corrected chi connectivity index (χ3v) is 3.24. The van der Waals surface area contributed by atoms with Crippen LogP contribution in [0.1, 0.15) is 6.42 Å². The molecule has 2 aliphatic rings. The van der Waals surface area contributed by atoms with Crippen molar-refractivity contribution in [1.29, 1.82) is 0 Å².